The predicted molar refractivity (Wildman–Crippen MR) is 64.9 cm³/mol. The first kappa shape index (κ1) is 13.8. The number of urea groups is 1. The standard InChI is InChI=1S/C12H22N2O3/c1-11(2)7-6-8-14(11)10(17)13(5)12(3,4)9(15)16/h6-8H2,1-5H3,(H,15,16). The van der Waals surface area contributed by atoms with Crippen LogP contribution in [0.15, 0.2) is 0 Å². The van der Waals surface area contributed by atoms with Crippen LogP contribution in [0.2, 0.25) is 0 Å². The number of carbonyl (C=O) groups is 2. The summed E-state index contributed by atoms with van der Waals surface area (Å²) in [7, 11) is 1.55. The second kappa shape index (κ2) is 4.20. The highest BCUT2D eigenvalue weighted by molar-refractivity contribution is 5.85. The van der Waals surface area contributed by atoms with Gasteiger partial charge in [-0.15, -0.1) is 0 Å². The first-order chi connectivity index (χ1) is 7.60. The van der Waals surface area contributed by atoms with Crippen molar-refractivity contribution in [1.82, 2.24) is 9.80 Å². The third-order valence-electron chi connectivity index (χ3n) is 3.78. The molecule has 98 valence electrons. The molecule has 0 aliphatic carbocycles. The predicted octanol–water partition coefficient (Wildman–Crippen LogP) is 1.78. The van der Waals surface area contributed by atoms with Crippen LogP contribution in [0.5, 0.6) is 0 Å². The first-order valence-electron chi connectivity index (χ1n) is 5.89. The van der Waals surface area contributed by atoms with Crippen LogP contribution in [0.3, 0.4) is 0 Å². The number of hydrogen-bond donors (Lipinski definition) is 1. The van der Waals surface area contributed by atoms with Crippen LogP contribution in [0.4, 0.5) is 4.79 Å². The third-order valence-corrected chi connectivity index (χ3v) is 3.78. The molecular formula is C12H22N2O3. The second-order valence-corrected chi connectivity index (χ2v) is 5.77. The Bertz CT molecular complexity index is 337. The van der Waals surface area contributed by atoms with Gasteiger partial charge in [0.15, 0.2) is 0 Å². The Labute approximate surface area is 102 Å². The molecule has 0 radical (unpaired) electrons. The van der Waals surface area contributed by atoms with Crippen LogP contribution >= 0.6 is 0 Å². The van der Waals surface area contributed by atoms with E-state index in [2.05, 4.69) is 0 Å². The summed E-state index contributed by atoms with van der Waals surface area (Å²) in [5, 5.41) is 9.12. The smallest absolute Gasteiger partial charge is 0.329 e. The van der Waals surface area contributed by atoms with Crippen LogP contribution in [0.1, 0.15) is 40.5 Å². The summed E-state index contributed by atoms with van der Waals surface area (Å²) in [4.78, 5) is 26.5. The zero-order valence-corrected chi connectivity index (χ0v) is 11.3. The maximum absolute atomic E-state index is 12.3. The zero-order valence-electron chi connectivity index (χ0n) is 11.3. The second-order valence-electron chi connectivity index (χ2n) is 5.77. The van der Waals surface area contributed by atoms with Gasteiger partial charge in [0, 0.05) is 19.1 Å². The summed E-state index contributed by atoms with van der Waals surface area (Å²) in [6.45, 7) is 7.80. The van der Waals surface area contributed by atoms with Gasteiger partial charge >= 0.3 is 12.0 Å². The van der Waals surface area contributed by atoms with E-state index in [-0.39, 0.29) is 11.6 Å². The van der Waals surface area contributed by atoms with E-state index in [1.807, 2.05) is 13.8 Å². The quantitative estimate of drug-likeness (QED) is 0.802. The molecule has 5 heteroatoms. The lowest BCUT2D eigenvalue weighted by Crippen LogP contribution is -2.57. The van der Waals surface area contributed by atoms with Gasteiger partial charge in [-0.3, -0.25) is 0 Å². The lowest BCUT2D eigenvalue weighted by molar-refractivity contribution is -0.147. The summed E-state index contributed by atoms with van der Waals surface area (Å²) in [5.74, 6) is -0.995. The van der Waals surface area contributed by atoms with Crippen LogP contribution in [0, 0.1) is 0 Å². The molecule has 0 unspecified atom stereocenters. The van der Waals surface area contributed by atoms with Gasteiger partial charge in [-0.05, 0) is 40.5 Å². The van der Waals surface area contributed by atoms with Crippen LogP contribution in [0.25, 0.3) is 0 Å². The fraction of sp³-hybridized carbons (Fsp3) is 0.833. The molecule has 0 atom stereocenters. The average Bonchev–Trinajstić information content (AvgIpc) is 2.55. The monoisotopic (exact) mass is 242 g/mol. The van der Waals surface area contributed by atoms with Crippen molar-refractivity contribution in [2.45, 2.75) is 51.6 Å². The molecule has 1 N–H and O–H groups in total. The number of likely N-dealkylation sites (tertiary alicyclic amines) is 1. The fourth-order valence-corrected chi connectivity index (χ4v) is 2.03. The van der Waals surface area contributed by atoms with E-state index in [0.29, 0.717) is 6.54 Å². The van der Waals surface area contributed by atoms with E-state index in [1.54, 1.807) is 11.9 Å². The van der Waals surface area contributed by atoms with Crippen molar-refractivity contribution >= 4 is 12.0 Å². The number of hydrogen-bond acceptors (Lipinski definition) is 2. The number of carbonyl (C=O) groups excluding carboxylic acids is 1. The molecule has 1 saturated heterocycles. The Kier molecular flexibility index (Phi) is 3.41. The van der Waals surface area contributed by atoms with E-state index in [4.69, 9.17) is 5.11 Å². The lowest BCUT2D eigenvalue weighted by Gasteiger charge is -2.39. The van der Waals surface area contributed by atoms with E-state index in [1.165, 1.54) is 18.7 Å². The van der Waals surface area contributed by atoms with Crippen LogP contribution in [-0.2, 0) is 4.79 Å². The molecule has 1 fully saturated rings. The first-order valence-corrected chi connectivity index (χ1v) is 5.89. The van der Waals surface area contributed by atoms with Crippen molar-refractivity contribution in [3.05, 3.63) is 0 Å². The molecule has 0 saturated carbocycles. The summed E-state index contributed by atoms with van der Waals surface area (Å²) < 4.78 is 0. The molecule has 0 spiro atoms. The van der Waals surface area contributed by atoms with Crippen molar-refractivity contribution in [2.24, 2.45) is 0 Å². The minimum Gasteiger partial charge on any atom is -0.480 e. The topological polar surface area (TPSA) is 60.9 Å². The Morgan fingerprint density at radius 1 is 1.35 bits per heavy atom. The van der Waals surface area contributed by atoms with Gasteiger partial charge in [0.1, 0.15) is 5.54 Å². The summed E-state index contributed by atoms with van der Waals surface area (Å²) >= 11 is 0. The van der Waals surface area contributed by atoms with E-state index in [0.717, 1.165) is 12.8 Å². The molecule has 0 aromatic heterocycles. The molecule has 1 heterocycles. The van der Waals surface area contributed by atoms with Gasteiger partial charge in [-0.1, -0.05) is 0 Å². The molecule has 1 aliphatic heterocycles. The number of likely N-dealkylation sites (N-methyl/N-ethyl adjacent to an activating group) is 1. The maximum Gasteiger partial charge on any atom is 0.329 e. The van der Waals surface area contributed by atoms with Gasteiger partial charge in [0.2, 0.25) is 0 Å². The molecule has 5 nitrogen and oxygen atoms in total. The highest BCUT2D eigenvalue weighted by atomic mass is 16.4. The van der Waals surface area contributed by atoms with Crippen molar-refractivity contribution in [1.29, 1.82) is 0 Å². The minimum absolute atomic E-state index is 0.181. The van der Waals surface area contributed by atoms with Gasteiger partial charge in [0.25, 0.3) is 0 Å². The van der Waals surface area contributed by atoms with Gasteiger partial charge < -0.3 is 14.9 Å². The molecule has 1 aliphatic rings. The molecule has 0 bridgehead atoms. The van der Waals surface area contributed by atoms with Crippen LogP contribution in [-0.4, -0.2) is 51.6 Å². The molecule has 1 rings (SSSR count). The Balaban J connectivity index is 2.87. The van der Waals surface area contributed by atoms with Crippen molar-refractivity contribution < 1.29 is 14.7 Å². The Morgan fingerprint density at radius 3 is 2.24 bits per heavy atom. The van der Waals surface area contributed by atoms with Crippen molar-refractivity contribution in [3.8, 4) is 0 Å². The van der Waals surface area contributed by atoms with Crippen molar-refractivity contribution in [2.75, 3.05) is 13.6 Å². The number of carboxylic acids is 1. The fourth-order valence-electron chi connectivity index (χ4n) is 2.03. The molecular weight excluding hydrogens is 220 g/mol. The number of carboxylic acid groups (broad SMARTS) is 1. The average molecular weight is 242 g/mol. The molecule has 0 aromatic carbocycles. The number of rotatable bonds is 2. The number of amides is 2. The van der Waals surface area contributed by atoms with E-state index < -0.39 is 11.5 Å². The maximum atomic E-state index is 12.3. The molecule has 17 heavy (non-hydrogen) atoms. The molecule has 2 amide bonds. The van der Waals surface area contributed by atoms with Crippen molar-refractivity contribution in [3.63, 3.8) is 0 Å². The minimum atomic E-state index is -1.18. The van der Waals surface area contributed by atoms with Gasteiger partial charge in [0.05, 0.1) is 0 Å². The SMILES string of the molecule is CN(C(=O)N1CCCC1(C)C)C(C)(C)C(=O)O. The molecule has 0 aromatic rings. The summed E-state index contributed by atoms with van der Waals surface area (Å²) in [5.41, 5.74) is -1.37. The van der Waals surface area contributed by atoms with Gasteiger partial charge in [-0.2, -0.15) is 0 Å². The van der Waals surface area contributed by atoms with E-state index >= 15 is 0 Å². The summed E-state index contributed by atoms with van der Waals surface area (Å²) in [6.07, 6.45) is 1.93. The third kappa shape index (κ3) is 2.37. The lowest BCUT2D eigenvalue weighted by atomic mass is 10.0. The highest BCUT2D eigenvalue weighted by Gasteiger charge is 2.42. The highest BCUT2D eigenvalue weighted by Crippen LogP contribution is 2.30. The van der Waals surface area contributed by atoms with Crippen LogP contribution < -0.4 is 0 Å². The zero-order chi connectivity index (χ0) is 13.4. The Morgan fingerprint density at radius 2 is 1.88 bits per heavy atom. The Hall–Kier alpha value is -1.26. The normalized spacial score (nSPS) is 19.2. The largest absolute Gasteiger partial charge is 0.480 e. The number of nitrogens with zero attached hydrogens (tertiary/aromatic N) is 2. The summed E-state index contributed by atoms with van der Waals surface area (Å²) in [6, 6.07) is -0.208. The van der Waals surface area contributed by atoms with E-state index in [9.17, 15) is 9.59 Å². The number of aliphatic carboxylic acids is 1. The van der Waals surface area contributed by atoms with Gasteiger partial charge in [-0.25, -0.2) is 9.59 Å².